The maximum Gasteiger partial charge on any atom is 0.243 e. The van der Waals surface area contributed by atoms with Crippen LogP contribution < -0.4 is 10.6 Å². The number of nitrogens with zero attached hydrogens (tertiary/aromatic N) is 1. The number of benzene rings is 1. The Morgan fingerprint density at radius 3 is 2.86 bits per heavy atom. The molecule has 2 rings (SSSR count). The van der Waals surface area contributed by atoms with Crippen molar-refractivity contribution in [2.24, 2.45) is 0 Å². The highest BCUT2D eigenvalue weighted by Gasteiger charge is 2.21. The molecule has 0 bridgehead atoms. The minimum Gasteiger partial charge on any atom is -0.336 e. The van der Waals surface area contributed by atoms with Crippen LogP contribution in [0.1, 0.15) is 24.8 Å². The van der Waals surface area contributed by atoms with Crippen LogP contribution in [-0.2, 0) is 9.59 Å². The van der Waals surface area contributed by atoms with E-state index in [1.54, 1.807) is 7.05 Å². The van der Waals surface area contributed by atoms with Crippen molar-refractivity contribution in [3.05, 3.63) is 28.2 Å². The molecule has 22 heavy (non-hydrogen) atoms. The van der Waals surface area contributed by atoms with Crippen molar-refractivity contribution in [2.75, 3.05) is 25.5 Å². The van der Waals surface area contributed by atoms with E-state index < -0.39 is 0 Å². The van der Waals surface area contributed by atoms with Gasteiger partial charge >= 0.3 is 0 Å². The summed E-state index contributed by atoms with van der Waals surface area (Å²) in [6.07, 6.45) is 2.61. The maximum atomic E-state index is 12.1. The summed E-state index contributed by atoms with van der Waals surface area (Å²) < 4.78 is 0.972. The fraction of sp³-hybridized carbons (Fsp3) is 0.500. The van der Waals surface area contributed by atoms with E-state index in [0.29, 0.717) is 6.42 Å². The fourth-order valence-electron chi connectivity index (χ4n) is 2.56. The van der Waals surface area contributed by atoms with E-state index >= 15 is 0 Å². The van der Waals surface area contributed by atoms with E-state index in [9.17, 15) is 9.59 Å². The Hall–Kier alpha value is -1.40. The number of nitrogens with one attached hydrogen (secondary N) is 2. The van der Waals surface area contributed by atoms with Gasteiger partial charge in [0.25, 0.3) is 0 Å². The van der Waals surface area contributed by atoms with Gasteiger partial charge in [0.15, 0.2) is 0 Å². The lowest BCUT2D eigenvalue weighted by molar-refractivity contribution is -0.133. The van der Waals surface area contributed by atoms with Crippen LogP contribution in [0.2, 0.25) is 0 Å². The number of hydrogen-bond acceptors (Lipinski definition) is 3. The average Bonchev–Trinajstić information content (AvgIpc) is 2.94. The predicted molar refractivity (Wildman–Crippen MR) is 90.8 cm³/mol. The molecule has 1 heterocycles. The molecule has 6 heteroatoms. The van der Waals surface area contributed by atoms with Crippen molar-refractivity contribution in [2.45, 2.75) is 32.2 Å². The summed E-state index contributed by atoms with van der Waals surface area (Å²) in [6.45, 7) is 2.98. The molecule has 1 atom stereocenters. The largest absolute Gasteiger partial charge is 0.336 e. The minimum atomic E-state index is -0.180. The van der Waals surface area contributed by atoms with Gasteiger partial charge in [0, 0.05) is 29.7 Å². The van der Waals surface area contributed by atoms with E-state index in [2.05, 4.69) is 26.6 Å². The molecule has 0 spiro atoms. The van der Waals surface area contributed by atoms with Crippen LogP contribution in [0.4, 0.5) is 5.69 Å². The van der Waals surface area contributed by atoms with Crippen LogP contribution in [-0.4, -0.2) is 42.9 Å². The summed E-state index contributed by atoms with van der Waals surface area (Å²) in [7, 11) is 1.67. The molecule has 0 saturated carbocycles. The number of carbonyl (C=O) groups is 2. The molecule has 5 nitrogen and oxygen atoms in total. The molecule has 2 N–H and O–H groups in total. The first-order valence-electron chi connectivity index (χ1n) is 7.49. The summed E-state index contributed by atoms with van der Waals surface area (Å²) in [5.41, 5.74) is 1.75. The maximum absolute atomic E-state index is 12.1. The third kappa shape index (κ3) is 4.81. The Balaban J connectivity index is 1.83. The van der Waals surface area contributed by atoms with Gasteiger partial charge in [0.2, 0.25) is 11.8 Å². The molecular formula is C16H22BrN3O2. The summed E-state index contributed by atoms with van der Waals surface area (Å²) >= 11 is 3.39. The monoisotopic (exact) mass is 367 g/mol. The highest BCUT2D eigenvalue weighted by Crippen LogP contribution is 2.20. The minimum absolute atomic E-state index is 0.00192. The van der Waals surface area contributed by atoms with Gasteiger partial charge in [-0.25, -0.2) is 0 Å². The molecule has 0 radical (unpaired) electrons. The average molecular weight is 368 g/mol. The van der Waals surface area contributed by atoms with E-state index in [0.717, 1.165) is 35.1 Å². The highest BCUT2D eigenvalue weighted by molar-refractivity contribution is 9.10. The number of anilines is 1. The molecule has 1 unspecified atom stereocenters. The standard InChI is InChI=1S/C16H22BrN3O2/c1-11-8-12(17)5-6-14(11)19-15(21)10-20(2)16(22)9-13-4-3-7-18-13/h5-6,8,13,18H,3-4,7,9-10H2,1-2H3,(H,19,21). The Bertz CT molecular complexity index is 556. The lowest BCUT2D eigenvalue weighted by Crippen LogP contribution is -2.38. The van der Waals surface area contributed by atoms with Gasteiger partial charge in [-0.1, -0.05) is 15.9 Å². The molecule has 0 aromatic heterocycles. The second-order valence-electron chi connectivity index (χ2n) is 5.75. The van der Waals surface area contributed by atoms with Gasteiger partial charge < -0.3 is 15.5 Å². The Labute approximate surface area is 139 Å². The number of carbonyl (C=O) groups excluding carboxylic acids is 2. The van der Waals surface area contributed by atoms with Crippen LogP contribution in [0.15, 0.2) is 22.7 Å². The van der Waals surface area contributed by atoms with Gasteiger partial charge in [-0.05, 0) is 50.1 Å². The fourth-order valence-corrected chi connectivity index (χ4v) is 3.03. The molecule has 120 valence electrons. The smallest absolute Gasteiger partial charge is 0.243 e. The normalized spacial score (nSPS) is 17.3. The molecule has 1 aromatic rings. The number of rotatable bonds is 5. The van der Waals surface area contributed by atoms with Crippen LogP contribution in [0.25, 0.3) is 0 Å². The van der Waals surface area contributed by atoms with Crippen molar-refractivity contribution in [1.29, 1.82) is 0 Å². The van der Waals surface area contributed by atoms with E-state index in [1.807, 2.05) is 25.1 Å². The van der Waals surface area contributed by atoms with Crippen molar-refractivity contribution < 1.29 is 9.59 Å². The topological polar surface area (TPSA) is 61.4 Å². The summed E-state index contributed by atoms with van der Waals surface area (Å²) in [4.78, 5) is 25.7. The van der Waals surface area contributed by atoms with Crippen LogP contribution >= 0.6 is 15.9 Å². The van der Waals surface area contributed by atoms with Crippen molar-refractivity contribution in [3.63, 3.8) is 0 Å². The second kappa shape index (κ2) is 7.74. The van der Waals surface area contributed by atoms with E-state index in [4.69, 9.17) is 0 Å². The van der Waals surface area contributed by atoms with Crippen LogP contribution in [0, 0.1) is 6.92 Å². The summed E-state index contributed by atoms with van der Waals surface area (Å²) in [5.74, 6) is -0.178. The van der Waals surface area contributed by atoms with E-state index in [-0.39, 0.29) is 24.4 Å². The molecular weight excluding hydrogens is 346 g/mol. The summed E-state index contributed by atoms with van der Waals surface area (Å²) in [5, 5.41) is 6.14. The van der Waals surface area contributed by atoms with Crippen LogP contribution in [0.3, 0.4) is 0 Å². The Morgan fingerprint density at radius 1 is 1.45 bits per heavy atom. The van der Waals surface area contributed by atoms with E-state index in [1.165, 1.54) is 4.90 Å². The van der Waals surface area contributed by atoms with Gasteiger partial charge in [-0.15, -0.1) is 0 Å². The lowest BCUT2D eigenvalue weighted by atomic mass is 10.1. The second-order valence-corrected chi connectivity index (χ2v) is 6.67. The van der Waals surface area contributed by atoms with Crippen molar-refractivity contribution >= 4 is 33.4 Å². The third-order valence-corrected chi connectivity index (χ3v) is 4.35. The molecule has 1 aliphatic rings. The molecule has 2 amide bonds. The SMILES string of the molecule is Cc1cc(Br)ccc1NC(=O)CN(C)C(=O)CC1CCCN1. The van der Waals surface area contributed by atoms with Crippen LogP contribution in [0.5, 0.6) is 0 Å². The number of halogens is 1. The van der Waals surface area contributed by atoms with Gasteiger partial charge in [0.1, 0.15) is 0 Å². The summed E-state index contributed by atoms with van der Waals surface area (Å²) in [6, 6.07) is 5.92. The Morgan fingerprint density at radius 2 is 2.23 bits per heavy atom. The number of aryl methyl sites for hydroxylation is 1. The van der Waals surface area contributed by atoms with Gasteiger partial charge in [-0.2, -0.15) is 0 Å². The first kappa shape index (κ1) is 17.0. The first-order chi connectivity index (χ1) is 10.5. The molecule has 1 saturated heterocycles. The molecule has 1 fully saturated rings. The molecule has 1 aromatic carbocycles. The predicted octanol–water partition coefficient (Wildman–Crippen LogP) is 2.30. The quantitative estimate of drug-likeness (QED) is 0.839. The van der Waals surface area contributed by atoms with Gasteiger partial charge in [-0.3, -0.25) is 9.59 Å². The van der Waals surface area contributed by atoms with Gasteiger partial charge in [0.05, 0.1) is 6.54 Å². The number of amides is 2. The third-order valence-electron chi connectivity index (χ3n) is 3.85. The highest BCUT2D eigenvalue weighted by atomic mass is 79.9. The molecule has 1 aliphatic heterocycles. The number of hydrogen-bond donors (Lipinski definition) is 2. The number of likely N-dealkylation sites (N-methyl/N-ethyl adjacent to an activating group) is 1. The zero-order chi connectivity index (χ0) is 16.1. The zero-order valence-electron chi connectivity index (χ0n) is 13.0. The van der Waals surface area contributed by atoms with Crippen molar-refractivity contribution in [1.82, 2.24) is 10.2 Å². The zero-order valence-corrected chi connectivity index (χ0v) is 14.6. The molecule has 0 aliphatic carbocycles. The lowest BCUT2D eigenvalue weighted by Gasteiger charge is -2.19. The Kier molecular flexibility index (Phi) is 5.97. The van der Waals surface area contributed by atoms with Crippen molar-refractivity contribution in [3.8, 4) is 0 Å². The first-order valence-corrected chi connectivity index (χ1v) is 8.28.